The number of hydrogen-bond acceptors (Lipinski definition) is 6. The van der Waals surface area contributed by atoms with Crippen LogP contribution in [0.2, 0.25) is 0 Å². The van der Waals surface area contributed by atoms with E-state index in [0.29, 0.717) is 25.1 Å². The Bertz CT molecular complexity index is 829. The number of hydrogen-bond donors (Lipinski definition) is 1. The summed E-state index contributed by atoms with van der Waals surface area (Å²) < 4.78 is 15.7. The van der Waals surface area contributed by atoms with E-state index in [1.165, 1.54) is 6.08 Å². The molecule has 1 heterocycles. The molecule has 1 aromatic rings. The number of esters is 2. The quantitative estimate of drug-likeness (QED) is 0.494. The highest BCUT2D eigenvalue weighted by Gasteiger charge is 2.32. The zero-order chi connectivity index (χ0) is 21.3. The minimum absolute atomic E-state index is 0.215. The van der Waals surface area contributed by atoms with Crippen LogP contribution in [-0.4, -0.2) is 30.7 Å². The number of amides is 1. The van der Waals surface area contributed by atoms with Gasteiger partial charge in [0.05, 0.1) is 11.6 Å². The number of nitrogens with one attached hydrogen (secondary N) is 1. The summed E-state index contributed by atoms with van der Waals surface area (Å²) in [4.78, 5) is 36.5. The Labute approximate surface area is 176 Å². The molecule has 1 amide bonds. The minimum atomic E-state index is -0.879. The number of carbonyl (C=O) groups is 3. The molecule has 2 unspecified atom stereocenters. The van der Waals surface area contributed by atoms with Crippen molar-refractivity contribution in [2.45, 2.75) is 51.9 Å². The van der Waals surface area contributed by atoms with Gasteiger partial charge in [0.2, 0.25) is 12.2 Å². The van der Waals surface area contributed by atoms with Crippen LogP contribution >= 0.6 is 0 Å². The maximum atomic E-state index is 12.8. The Morgan fingerprint density at radius 3 is 2.80 bits per heavy atom. The summed E-state index contributed by atoms with van der Waals surface area (Å²) in [5.74, 6) is -1.39. The molecule has 0 spiro atoms. The van der Waals surface area contributed by atoms with Gasteiger partial charge in [-0.3, -0.25) is 9.59 Å². The number of allylic oxidation sites excluding steroid dienone is 1. The fourth-order valence-electron chi connectivity index (χ4n) is 3.57. The Hall–Kier alpha value is -2.93. The van der Waals surface area contributed by atoms with Crippen molar-refractivity contribution in [1.82, 2.24) is 5.32 Å². The van der Waals surface area contributed by atoms with E-state index in [9.17, 15) is 14.4 Å². The topological polar surface area (TPSA) is 90.9 Å². The van der Waals surface area contributed by atoms with Crippen LogP contribution in [0.5, 0.6) is 0 Å². The summed E-state index contributed by atoms with van der Waals surface area (Å²) in [7, 11) is 0. The highest BCUT2D eigenvalue weighted by Crippen LogP contribution is 2.29. The van der Waals surface area contributed by atoms with E-state index in [1.807, 2.05) is 36.4 Å². The lowest BCUT2D eigenvalue weighted by Gasteiger charge is -2.24. The first kappa shape index (κ1) is 21.8. The van der Waals surface area contributed by atoms with Gasteiger partial charge in [-0.15, -0.1) is 0 Å². The van der Waals surface area contributed by atoms with Gasteiger partial charge >= 0.3 is 11.9 Å². The molecule has 160 valence electrons. The molecule has 0 aromatic heterocycles. The highest BCUT2D eigenvalue weighted by atomic mass is 16.7. The van der Waals surface area contributed by atoms with Gasteiger partial charge in [0, 0.05) is 19.1 Å². The van der Waals surface area contributed by atoms with E-state index in [0.717, 1.165) is 24.0 Å². The van der Waals surface area contributed by atoms with Gasteiger partial charge in [-0.05, 0) is 38.2 Å². The van der Waals surface area contributed by atoms with Gasteiger partial charge < -0.3 is 19.5 Å². The Kier molecular flexibility index (Phi) is 7.79. The van der Waals surface area contributed by atoms with Crippen LogP contribution in [0.1, 0.15) is 44.6 Å². The van der Waals surface area contributed by atoms with Crippen LogP contribution in [0.15, 0.2) is 53.8 Å². The smallest absolute Gasteiger partial charge is 0.335 e. The van der Waals surface area contributed by atoms with Crippen molar-refractivity contribution in [3.05, 3.63) is 59.3 Å². The highest BCUT2D eigenvalue weighted by molar-refractivity contribution is 5.89. The van der Waals surface area contributed by atoms with Gasteiger partial charge in [0.1, 0.15) is 6.61 Å². The largest absolute Gasteiger partial charge is 0.461 e. The van der Waals surface area contributed by atoms with Crippen LogP contribution in [0.4, 0.5) is 0 Å². The predicted molar refractivity (Wildman–Crippen MR) is 109 cm³/mol. The second-order valence-corrected chi connectivity index (χ2v) is 7.22. The van der Waals surface area contributed by atoms with E-state index in [4.69, 9.17) is 14.2 Å². The van der Waals surface area contributed by atoms with Gasteiger partial charge in [-0.1, -0.05) is 42.0 Å². The van der Waals surface area contributed by atoms with Crippen molar-refractivity contribution in [2.24, 2.45) is 5.92 Å². The monoisotopic (exact) mass is 413 g/mol. The number of ether oxygens (including phenoxy) is 3. The first-order valence-electron chi connectivity index (χ1n) is 10.3. The van der Waals surface area contributed by atoms with Crippen LogP contribution in [0.3, 0.4) is 0 Å². The van der Waals surface area contributed by atoms with E-state index >= 15 is 0 Å². The molecule has 30 heavy (non-hydrogen) atoms. The first-order chi connectivity index (χ1) is 14.6. The van der Waals surface area contributed by atoms with Crippen molar-refractivity contribution in [1.29, 1.82) is 0 Å². The summed E-state index contributed by atoms with van der Waals surface area (Å²) in [6, 6.07) is 9.51. The van der Waals surface area contributed by atoms with Crippen molar-refractivity contribution < 1.29 is 28.6 Å². The molecule has 0 saturated carbocycles. The fourth-order valence-corrected chi connectivity index (χ4v) is 3.57. The van der Waals surface area contributed by atoms with Gasteiger partial charge in [0.15, 0.2) is 0 Å². The standard InChI is InChI=1S/C23H27NO6/c1-2-28-23-19(14-21(26)30-23)24-22(27)18-11-7-6-10-17(18)12-13-20(25)29-15-16-8-4-3-5-9-16/h3-5,8-10,14,18,23H,2,6-7,11-13,15H2,1H3,(H,24,27). The second-order valence-electron chi connectivity index (χ2n) is 7.22. The summed E-state index contributed by atoms with van der Waals surface area (Å²) >= 11 is 0. The zero-order valence-corrected chi connectivity index (χ0v) is 17.1. The molecule has 7 heteroatoms. The van der Waals surface area contributed by atoms with E-state index in [1.54, 1.807) is 6.92 Å². The molecule has 0 bridgehead atoms. The molecule has 1 aromatic carbocycles. The van der Waals surface area contributed by atoms with E-state index < -0.39 is 12.3 Å². The van der Waals surface area contributed by atoms with Crippen LogP contribution in [-0.2, 0) is 35.2 Å². The van der Waals surface area contributed by atoms with Gasteiger partial charge in [-0.25, -0.2) is 4.79 Å². The number of cyclic esters (lactones) is 1. The third kappa shape index (κ3) is 6.03. The molecule has 1 N–H and O–H groups in total. The van der Waals surface area contributed by atoms with Crippen LogP contribution in [0, 0.1) is 5.92 Å². The molecule has 2 atom stereocenters. The molecule has 7 nitrogen and oxygen atoms in total. The summed E-state index contributed by atoms with van der Waals surface area (Å²) in [6.45, 7) is 2.37. The lowest BCUT2D eigenvalue weighted by atomic mass is 9.84. The van der Waals surface area contributed by atoms with E-state index in [-0.39, 0.29) is 30.8 Å². The van der Waals surface area contributed by atoms with Gasteiger partial charge in [-0.2, -0.15) is 0 Å². The molecule has 1 aliphatic heterocycles. The van der Waals surface area contributed by atoms with Crippen molar-refractivity contribution >= 4 is 17.8 Å². The molecule has 0 fully saturated rings. The molecular formula is C23H27NO6. The summed E-state index contributed by atoms with van der Waals surface area (Å²) in [5.41, 5.74) is 2.18. The maximum absolute atomic E-state index is 12.8. The molecule has 0 radical (unpaired) electrons. The van der Waals surface area contributed by atoms with E-state index in [2.05, 4.69) is 5.32 Å². The number of carbonyl (C=O) groups excluding carboxylic acids is 3. The summed E-state index contributed by atoms with van der Waals surface area (Å²) in [6.07, 6.45) is 5.54. The van der Waals surface area contributed by atoms with Crippen LogP contribution in [0.25, 0.3) is 0 Å². The lowest BCUT2D eigenvalue weighted by Crippen LogP contribution is -2.36. The lowest BCUT2D eigenvalue weighted by molar-refractivity contribution is -0.159. The number of benzene rings is 1. The Balaban J connectivity index is 1.52. The molecule has 2 aliphatic rings. The summed E-state index contributed by atoms with van der Waals surface area (Å²) in [5, 5.41) is 2.77. The SMILES string of the molecule is CCOC1OC(=O)C=C1NC(=O)C1CCCC=C1CCC(=O)OCc1ccccc1. The Morgan fingerprint density at radius 1 is 1.23 bits per heavy atom. The zero-order valence-electron chi connectivity index (χ0n) is 17.1. The predicted octanol–water partition coefficient (Wildman–Crippen LogP) is 3.16. The second kappa shape index (κ2) is 10.7. The minimum Gasteiger partial charge on any atom is -0.461 e. The van der Waals surface area contributed by atoms with Gasteiger partial charge in [0.25, 0.3) is 0 Å². The van der Waals surface area contributed by atoms with Crippen molar-refractivity contribution in [3.63, 3.8) is 0 Å². The third-order valence-electron chi connectivity index (χ3n) is 5.06. The maximum Gasteiger partial charge on any atom is 0.335 e. The molecule has 1 aliphatic carbocycles. The first-order valence-corrected chi connectivity index (χ1v) is 10.3. The van der Waals surface area contributed by atoms with Crippen LogP contribution < -0.4 is 5.32 Å². The van der Waals surface area contributed by atoms with Crippen molar-refractivity contribution in [3.8, 4) is 0 Å². The number of rotatable bonds is 9. The normalized spacial score (nSPS) is 20.8. The third-order valence-corrected chi connectivity index (χ3v) is 5.06. The molecule has 0 saturated heterocycles. The molecular weight excluding hydrogens is 386 g/mol. The average molecular weight is 413 g/mol. The van der Waals surface area contributed by atoms with Crippen molar-refractivity contribution in [2.75, 3.05) is 6.61 Å². The fraction of sp³-hybridized carbons (Fsp3) is 0.435. The Morgan fingerprint density at radius 2 is 2.03 bits per heavy atom. The molecule has 3 rings (SSSR count). The average Bonchev–Trinajstić information content (AvgIpc) is 3.10.